The maximum absolute atomic E-state index is 11.9. The minimum Gasteiger partial charge on any atom is -0.462 e. The topological polar surface area (TPSA) is 26.3 Å². The van der Waals surface area contributed by atoms with Gasteiger partial charge in [0.05, 0.1) is 5.92 Å². The van der Waals surface area contributed by atoms with Gasteiger partial charge in [-0.3, -0.25) is 4.79 Å². The molecule has 98 valence electrons. The van der Waals surface area contributed by atoms with Crippen LogP contribution < -0.4 is 0 Å². The number of esters is 1. The van der Waals surface area contributed by atoms with Crippen molar-refractivity contribution in [2.75, 3.05) is 0 Å². The van der Waals surface area contributed by atoms with Gasteiger partial charge in [0.25, 0.3) is 0 Å². The zero-order chi connectivity index (χ0) is 13.0. The fraction of sp³-hybridized carbons (Fsp3) is 0.562. The molecular formula is C16H22O2. The van der Waals surface area contributed by atoms with Crippen molar-refractivity contribution in [2.24, 2.45) is 11.8 Å². The van der Waals surface area contributed by atoms with E-state index in [0.717, 1.165) is 12.8 Å². The van der Waals surface area contributed by atoms with Gasteiger partial charge in [0.2, 0.25) is 0 Å². The number of rotatable bonds is 5. The molecule has 0 radical (unpaired) electrons. The van der Waals surface area contributed by atoms with Crippen LogP contribution in [0, 0.1) is 11.8 Å². The lowest BCUT2D eigenvalue weighted by Crippen LogP contribution is -2.21. The minimum absolute atomic E-state index is 0.00699. The molecule has 2 rings (SSSR count). The van der Waals surface area contributed by atoms with Crippen molar-refractivity contribution in [3.8, 4) is 0 Å². The second-order valence-corrected chi connectivity index (χ2v) is 5.24. The number of unbranched alkanes of at least 4 members (excludes halogenated alkanes) is 1. The highest BCUT2D eigenvalue weighted by atomic mass is 16.6. The van der Waals surface area contributed by atoms with Crippen LogP contribution in [-0.2, 0) is 16.0 Å². The molecule has 1 aliphatic rings. The van der Waals surface area contributed by atoms with Crippen LogP contribution in [0.15, 0.2) is 30.3 Å². The molecule has 0 spiro atoms. The lowest BCUT2D eigenvalue weighted by atomic mass is 9.83. The Bertz CT molecular complexity index is 385. The highest BCUT2D eigenvalue weighted by Crippen LogP contribution is 2.34. The van der Waals surface area contributed by atoms with E-state index in [-0.39, 0.29) is 18.0 Å². The molecule has 0 amide bonds. The Morgan fingerprint density at radius 2 is 1.94 bits per heavy atom. The summed E-state index contributed by atoms with van der Waals surface area (Å²) in [5.74, 6) is 0.430. The molecule has 0 aliphatic carbocycles. The Morgan fingerprint density at radius 3 is 2.61 bits per heavy atom. The summed E-state index contributed by atoms with van der Waals surface area (Å²) < 4.78 is 5.42. The number of cyclic esters (lactones) is 1. The first kappa shape index (κ1) is 13.1. The van der Waals surface area contributed by atoms with Crippen LogP contribution in [0.2, 0.25) is 0 Å². The summed E-state index contributed by atoms with van der Waals surface area (Å²) in [6.45, 7) is 4.22. The average Bonchev–Trinajstić information content (AvgIpc) is 2.63. The van der Waals surface area contributed by atoms with Crippen molar-refractivity contribution in [3.05, 3.63) is 35.9 Å². The molecule has 2 nitrogen and oxygen atoms in total. The third-order valence-electron chi connectivity index (χ3n) is 3.91. The molecule has 18 heavy (non-hydrogen) atoms. The van der Waals surface area contributed by atoms with E-state index in [1.54, 1.807) is 0 Å². The fourth-order valence-electron chi connectivity index (χ4n) is 2.84. The van der Waals surface area contributed by atoms with E-state index in [4.69, 9.17) is 4.74 Å². The maximum atomic E-state index is 11.9. The molecule has 1 aliphatic heterocycles. The van der Waals surface area contributed by atoms with Gasteiger partial charge in [-0.2, -0.15) is 0 Å². The van der Waals surface area contributed by atoms with Crippen LogP contribution in [0.4, 0.5) is 0 Å². The van der Waals surface area contributed by atoms with E-state index in [2.05, 4.69) is 19.1 Å². The normalized spacial score (nSPS) is 27.2. The predicted octanol–water partition coefficient (Wildman–Crippen LogP) is 3.60. The van der Waals surface area contributed by atoms with Gasteiger partial charge in [0, 0.05) is 5.92 Å². The van der Waals surface area contributed by atoms with E-state index in [1.165, 1.54) is 18.4 Å². The SMILES string of the molecule is CCCC[C@H]1[C@H](C)OC(=O)[C@@H]1Cc1ccccc1. The van der Waals surface area contributed by atoms with Crippen LogP contribution >= 0.6 is 0 Å². The van der Waals surface area contributed by atoms with E-state index in [9.17, 15) is 4.79 Å². The predicted molar refractivity (Wildman–Crippen MR) is 72.2 cm³/mol. The lowest BCUT2D eigenvalue weighted by molar-refractivity contribution is -0.143. The van der Waals surface area contributed by atoms with Gasteiger partial charge < -0.3 is 4.74 Å². The van der Waals surface area contributed by atoms with Crippen molar-refractivity contribution in [1.82, 2.24) is 0 Å². The van der Waals surface area contributed by atoms with E-state index in [1.807, 2.05) is 25.1 Å². The Kier molecular flexibility index (Phi) is 4.40. The molecule has 1 heterocycles. The highest BCUT2D eigenvalue weighted by molar-refractivity contribution is 5.75. The first-order valence-corrected chi connectivity index (χ1v) is 6.96. The van der Waals surface area contributed by atoms with Crippen molar-refractivity contribution in [3.63, 3.8) is 0 Å². The molecule has 0 bridgehead atoms. The molecule has 0 N–H and O–H groups in total. The number of benzene rings is 1. The van der Waals surface area contributed by atoms with Gasteiger partial charge in [-0.25, -0.2) is 0 Å². The third kappa shape index (κ3) is 2.92. The summed E-state index contributed by atoms with van der Waals surface area (Å²) in [5, 5.41) is 0. The summed E-state index contributed by atoms with van der Waals surface area (Å²) >= 11 is 0. The third-order valence-corrected chi connectivity index (χ3v) is 3.91. The first-order valence-electron chi connectivity index (χ1n) is 6.96. The number of hydrogen-bond acceptors (Lipinski definition) is 2. The van der Waals surface area contributed by atoms with Crippen LogP contribution in [0.5, 0.6) is 0 Å². The molecule has 1 fully saturated rings. The average molecular weight is 246 g/mol. The molecule has 1 aromatic rings. The molecule has 2 heteroatoms. The van der Waals surface area contributed by atoms with Crippen molar-refractivity contribution in [1.29, 1.82) is 0 Å². The largest absolute Gasteiger partial charge is 0.462 e. The summed E-state index contributed by atoms with van der Waals surface area (Å²) in [4.78, 5) is 11.9. The van der Waals surface area contributed by atoms with Crippen LogP contribution in [0.1, 0.15) is 38.7 Å². The quantitative estimate of drug-likeness (QED) is 0.742. The van der Waals surface area contributed by atoms with E-state index >= 15 is 0 Å². The molecule has 0 aromatic heterocycles. The van der Waals surface area contributed by atoms with Gasteiger partial charge in [-0.05, 0) is 25.3 Å². The number of ether oxygens (including phenoxy) is 1. The van der Waals surface area contributed by atoms with Crippen LogP contribution in [-0.4, -0.2) is 12.1 Å². The van der Waals surface area contributed by atoms with Crippen molar-refractivity contribution in [2.45, 2.75) is 45.6 Å². The zero-order valence-electron chi connectivity index (χ0n) is 11.3. The second-order valence-electron chi connectivity index (χ2n) is 5.24. The van der Waals surface area contributed by atoms with Crippen LogP contribution in [0.25, 0.3) is 0 Å². The highest BCUT2D eigenvalue weighted by Gasteiger charge is 2.41. The van der Waals surface area contributed by atoms with E-state index in [0.29, 0.717) is 5.92 Å². The standard InChI is InChI=1S/C16H22O2/c1-3-4-10-14-12(2)18-16(17)15(14)11-13-8-6-5-7-9-13/h5-9,12,14-15H,3-4,10-11H2,1-2H3/t12-,14-,15+/m0/s1. The Balaban J connectivity index is 2.06. The number of hydrogen-bond donors (Lipinski definition) is 0. The monoisotopic (exact) mass is 246 g/mol. The van der Waals surface area contributed by atoms with Gasteiger partial charge in [-0.1, -0.05) is 50.1 Å². The summed E-state index contributed by atoms with van der Waals surface area (Å²) in [7, 11) is 0. The molecule has 1 aromatic carbocycles. The van der Waals surface area contributed by atoms with E-state index < -0.39 is 0 Å². The minimum atomic E-state index is -0.00699. The molecular weight excluding hydrogens is 224 g/mol. The Labute approximate surface area is 109 Å². The van der Waals surface area contributed by atoms with Crippen molar-refractivity contribution >= 4 is 5.97 Å². The molecule has 0 unspecified atom stereocenters. The van der Waals surface area contributed by atoms with Crippen molar-refractivity contribution < 1.29 is 9.53 Å². The Morgan fingerprint density at radius 1 is 1.22 bits per heavy atom. The maximum Gasteiger partial charge on any atom is 0.309 e. The first-order chi connectivity index (χ1) is 8.72. The Hall–Kier alpha value is -1.31. The number of carbonyl (C=O) groups is 1. The number of carbonyl (C=O) groups excluding carboxylic acids is 1. The lowest BCUT2D eigenvalue weighted by Gasteiger charge is -2.18. The molecule has 0 saturated carbocycles. The smallest absolute Gasteiger partial charge is 0.309 e. The second kappa shape index (κ2) is 6.03. The fourth-order valence-corrected chi connectivity index (χ4v) is 2.84. The van der Waals surface area contributed by atoms with Gasteiger partial charge in [0.15, 0.2) is 0 Å². The van der Waals surface area contributed by atoms with Gasteiger partial charge >= 0.3 is 5.97 Å². The van der Waals surface area contributed by atoms with Gasteiger partial charge in [-0.15, -0.1) is 0 Å². The summed E-state index contributed by atoms with van der Waals surface area (Å²) in [5.41, 5.74) is 1.23. The summed E-state index contributed by atoms with van der Waals surface area (Å²) in [6.07, 6.45) is 4.35. The molecule has 1 saturated heterocycles. The van der Waals surface area contributed by atoms with Gasteiger partial charge in [0.1, 0.15) is 6.10 Å². The summed E-state index contributed by atoms with van der Waals surface area (Å²) in [6, 6.07) is 10.2. The molecule has 3 atom stereocenters. The van der Waals surface area contributed by atoms with Crippen LogP contribution in [0.3, 0.4) is 0 Å². The zero-order valence-corrected chi connectivity index (χ0v) is 11.3.